The van der Waals surface area contributed by atoms with Gasteiger partial charge in [0.2, 0.25) is 0 Å². The molecule has 3 N–H and O–H groups in total. The van der Waals surface area contributed by atoms with E-state index in [4.69, 9.17) is 33.8 Å². The molecular formula is C12H9BrCl2FN3O. The van der Waals surface area contributed by atoms with E-state index in [1.165, 1.54) is 12.1 Å². The summed E-state index contributed by atoms with van der Waals surface area (Å²) in [4.78, 5) is 4.15. The zero-order valence-corrected chi connectivity index (χ0v) is 13.1. The van der Waals surface area contributed by atoms with Crippen molar-refractivity contribution >= 4 is 44.9 Å². The van der Waals surface area contributed by atoms with Crippen molar-refractivity contribution < 1.29 is 9.13 Å². The molecule has 2 aromatic rings. The molecular weight excluding hydrogens is 372 g/mol. The van der Waals surface area contributed by atoms with Crippen LogP contribution in [0.1, 0.15) is 5.69 Å². The Hall–Kier alpha value is -1.08. The van der Waals surface area contributed by atoms with Gasteiger partial charge in [0, 0.05) is 6.07 Å². The van der Waals surface area contributed by atoms with Gasteiger partial charge in [0.05, 0.1) is 20.2 Å². The number of ether oxygens (including phenoxy) is 1. The van der Waals surface area contributed by atoms with Crippen LogP contribution < -0.4 is 16.0 Å². The Balaban J connectivity index is 2.18. The second-order valence-corrected chi connectivity index (χ2v) is 5.42. The van der Waals surface area contributed by atoms with Crippen molar-refractivity contribution in [3.05, 3.63) is 50.3 Å². The minimum Gasteiger partial charge on any atom is -0.486 e. The molecule has 4 nitrogen and oxygen atoms in total. The van der Waals surface area contributed by atoms with Crippen LogP contribution in [0.2, 0.25) is 10.0 Å². The Labute approximate surface area is 133 Å². The van der Waals surface area contributed by atoms with E-state index in [9.17, 15) is 4.39 Å². The first-order chi connectivity index (χ1) is 9.51. The molecule has 0 aliphatic carbocycles. The number of benzene rings is 1. The molecule has 0 spiro atoms. The first-order valence-electron chi connectivity index (χ1n) is 5.40. The molecule has 0 amide bonds. The third-order valence-electron chi connectivity index (χ3n) is 2.41. The molecule has 8 heteroatoms. The predicted molar refractivity (Wildman–Crippen MR) is 80.5 cm³/mol. The molecule has 0 bridgehead atoms. The van der Waals surface area contributed by atoms with E-state index in [0.717, 1.165) is 0 Å². The molecule has 0 fully saturated rings. The number of halogens is 4. The van der Waals surface area contributed by atoms with Crippen molar-refractivity contribution in [3.63, 3.8) is 0 Å². The van der Waals surface area contributed by atoms with E-state index in [1.54, 1.807) is 12.1 Å². The summed E-state index contributed by atoms with van der Waals surface area (Å²) in [6.07, 6.45) is 0. The van der Waals surface area contributed by atoms with Crippen molar-refractivity contribution in [1.29, 1.82) is 0 Å². The number of anilines is 1. The molecule has 1 heterocycles. The summed E-state index contributed by atoms with van der Waals surface area (Å²) >= 11 is 14.9. The fourth-order valence-electron chi connectivity index (χ4n) is 1.43. The van der Waals surface area contributed by atoms with Crippen LogP contribution in [-0.2, 0) is 6.61 Å². The molecule has 106 valence electrons. The highest BCUT2D eigenvalue weighted by molar-refractivity contribution is 9.10. The maximum Gasteiger partial charge on any atom is 0.145 e. The lowest BCUT2D eigenvalue weighted by Gasteiger charge is -2.10. The van der Waals surface area contributed by atoms with Crippen molar-refractivity contribution in [1.82, 2.24) is 4.98 Å². The molecule has 20 heavy (non-hydrogen) atoms. The Morgan fingerprint density at radius 1 is 1.30 bits per heavy atom. The Bertz CT molecular complexity index is 642. The first kappa shape index (κ1) is 15.3. The Kier molecular flexibility index (Phi) is 5.04. The fourth-order valence-corrected chi connectivity index (χ4v) is 2.34. The molecule has 0 aliphatic rings. The molecule has 0 unspecified atom stereocenters. The summed E-state index contributed by atoms with van der Waals surface area (Å²) in [7, 11) is 0. The van der Waals surface area contributed by atoms with Crippen LogP contribution in [0.25, 0.3) is 0 Å². The summed E-state index contributed by atoms with van der Waals surface area (Å²) in [5.74, 6) is 5.46. The number of nitrogen functional groups attached to an aromatic ring is 1. The van der Waals surface area contributed by atoms with Gasteiger partial charge in [0.15, 0.2) is 0 Å². The molecule has 1 aromatic carbocycles. The van der Waals surface area contributed by atoms with Gasteiger partial charge in [-0.25, -0.2) is 15.2 Å². The van der Waals surface area contributed by atoms with Gasteiger partial charge in [0.1, 0.15) is 24.0 Å². The quantitative estimate of drug-likeness (QED) is 0.475. The Morgan fingerprint density at radius 3 is 2.75 bits per heavy atom. The number of nitrogens with one attached hydrogen (secondary N) is 1. The third-order valence-corrected chi connectivity index (χ3v) is 3.66. The van der Waals surface area contributed by atoms with E-state index < -0.39 is 5.82 Å². The maximum atomic E-state index is 13.4. The SMILES string of the molecule is NNc1ccc(Cl)c(COc2cc(F)c(Cl)cc2Br)n1. The largest absolute Gasteiger partial charge is 0.486 e. The summed E-state index contributed by atoms with van der Waals surface area (Å²) in [5.41, 5.74) is 2.88. The summed E-state index contributed by atoms with van der Waals surface area (Å²) in [6.45, 7) is 0.0635. The predicted octanol–water partition coefficient (Wildman–Crippen LogP) is 4.15. The van der Waals surface area contributed by atoms with Crippen molar-refractivity contribution in [3.8, 4) is 5.75 Å². The molecule has 1 aromatic heterocycles. The Morgan fingerprint density at radius 2 is 2.05 bits per heavy atom. The van der Waals surface area contributed by atoms with Crippen LogP contribution in [0.4, 0.5) is 10.2 Å². The lowest BCUT2D eigenvalue weighted by molar-refractivity contribution is 0.298. The first-order valence-corrected chi connectivity index (χ1v) is 6.95. The second kappa shape index (κ2) is 6.58. The zero-order chi connectivity index (χ0) is 14.7. The summed E-state index contributed by atoms with van der Waals surface area (Å²) in [6, 6.07) is 5.87. The van der Waals surface area contributed by atoms with Gasteiger partial charge < -0.3 is 10.2 Å². The lowest BCUT2D eigenvalue weighted by atomic mass is 10.3. The molecule has 0 atom stereocenters. The van der Waals surface area contributed by atoms with Gasteiger partial charge >= 0.3 is 0 Å². The standard InChI is InChI=1S/C12H9BrCl2FN3O/c13-6-3-8(15)9(16)4-11(6)20-5-10-7(14)1-2-12(18-10)19-17/h1-4H,5,17H2,(H,18,19). The molecule has 0 aliphatic heterocycles. The summed E-state index contributed by atoms with van der Waals surface area (Å²) in [5, 5.41) is 0.435. The van der Waals surface area contributed by atoms with Gasteiger partial charge in [-0.1, -0.05) is 23.2 Å². The molecule has 0 saturated heterocycles. The van der Waals surface area contributed by atoms with Crippen LogP contribution >= 0.6 is 39.1 Å². The lowest BCUT2D eigenvalue weighted by Crippen LogP contribution is -2.10. The number of rotatable bonds is 4. The van der Waals surface area contributed by atoms with Gasteiger partial charge in [-0.05, 0) is 34.1 Å². The van der Waals surface area contributed by atoms with Gasteiger partial charge in [0.25, 0.3) is 0 Å². The summed E-state index contributed by atoms with van der Waals surface area (Å²) < 4.78 is 19.4. The number of nitrogens with two attached hydrogens (primary N) is 1. The van der Waals surface area contributed by atoms with E-state index >= 15 is 0 Å². The van der Waals surface area contributed by atoms with E-state index in [1.807, 2.05) is 0 Å². The highest BCUT2D eigenvalue weighted by Gasteiger charge is 2.10. The van der Waals surface area contributed by atoms with Gasteiger partial charge in [-0.3, -0.25) is 0 Å². The molecule has 0 radical (unpaired) electrons. The second-order valence-electron chi connectivity index (χ2n) is 3.75. The van der Waals surface area contributed by atoms with E-state index in [0.29, 0.717) is 26.8 Å². The third kappa shape index (κ3) is 3.52. The van der Waals surface area contributed by atoms with E-state index in [-0.39, 0.29) is 11.6 Å². The topological polar surface area (TPSA) is 60.2 Å². The zero-order valence-electron chi connectivity index (χ0n) is 9.96. The van der Waals surface area contributed by atoms with Crippen molar-refractivity contribution in [2.24, 2.45) is 5.84 Å². The van der Waals surface area contributed by atoms with Crippen LogP contribution in [0, 0.1) is 5.82 Å². The number of hydrogen-bond donors (Lipinski definition) is 2. The number of hydrogen-bond acceptors (Lipinski definition) is 4. The number of nitrogens with zero attached hydrogens (tertiary/aromatic N) is 1. The molecule has 0 saturated carbocycles. The van der Waals surface area contributed by atoms with Gasteiger partial charge in [-0.2, -0.15) is 0 Å². The minimum absolute atomic E-state index is 0.00899. The maximum absolute atomic E-state index is 13.4. The van der Waals surface area contributed by atoms with Crippen LogP contribution in [0.3, 0.4) is 0 Å². The smallest absolute Gasteiger partial charge is 0.145 e. The van der Waals surface area contributed by atoms with Crippen LogP contribution in [-0.4, -0.2) is 4.98 Å². The number of hydrazine groups is 1. The van der Waals surface area contributed by atoms with E-state index in [2.05, 4.69) is 26.3 Å². The van der Waals surface area contributed by atoms with Crippen LogP contribution in [0.15, 0.2) is 28.7 Å². The average Bonchev–Trinajstić information content (AvgIpc) is 2.43. The monoisotopic (exact) mass is 379 g/mol. The van der Waals surface area contributed by atoms with Crippen molar-refractivity contribution in [2.45, 2.75) is 6.61 Å². The minimum atomic E-state index is -0.568. The fraction of sp³-hybridized carbons (Fsp3) is 0.0833. The molecule has 2 rings (SSSR count). The number of aromatic nitrogens is 1. The van der Waals surface area contributed by atoms with Gasteiger partial charge in [-0.15, -0.1) is 0 Å². The highest BCUT2D eigenvalue weighted by Crippen LogP contribution is 2.31. The number of pyridine rings is 1. The normalized spacial score (nSPS) is 10.4. The highest BCUT2D eigenvalue weighted by atomic mass is 79.9. The van der Waals surface area contributed by atoms with Crippen LogP contribution in [0.5, 0.6) is 5.75 Å². The van der Waals surface area contributed by atoms with Crippen molar-refractivity contribution in [2.75, 3.05) is 5.43 Å². The average molecular weight is 381 g/mol.